The van der Waals surface area contributed by atoms with Gasteiger partial charge in [-0.05, 0) is 30.4 Å². The summed E-state index contributed by atoms with van der Waals surface area (Å²) in [5, 5.41) is 4.14. The fourth-order valence-electron chi connectivity index (χ4n) is 3.95. The molecule has 1 aliphatic heterocycles. The SMILES string of the molecule is O=C([C@@H]1CCc2ccccc2C1)N1CCN(CCn2cncn2)CC1. The van der Waals surface area contributed by atoms with E-state index in [0.717, 1.165) is 58.5 Å². The molecule has 0 N–H and O–H groups in total. The lowest BCUT2D eigenvalue weighted by atomic mass is 9.83. The summed E-state index contributed by atoms with van der Waals surface area (Å²) in [6.07, 6.45) is 6.24. The Bertz CT molecular complexity index is 706. The lowest BCUT2D eigenvalue weighted by Gasteiger charge is -2.37. The van der Waals surface area contributed by atoms with Gasteiger partial charge in [-0.15, -0.1) is 0 Å². The lowest BCUT2D eigenvalue weighted by molar-refractivity contribution is -0.137. The van der Waals surface area contributed by atoms with Crippen molar-refractivity contribution < 1.29 is 4.79 Å². The van der Waals surface area contributed by atoms with E-state index in [1.807, 2.05) is 4.68 Å². The molecule has 1 aromatic carbocycles. The Labute approximate surface area is 148 Å². The first-order valence-electron chi connectivity index (χ1n) is 9.20. The van der Waals surface area contributed by atoms with Crippen LogP contribution in [0.3, 0.4) is 0 Å². The zero-order valence-electron chi connectivity index (χ0n) is 14.5. The molecular formula is C19H25N5O. The molecule has 1 atom stereocenters. The number of rotatable bonds is 4. The Morgan fingerprint density at radius 3 is 2.64 bits per heavy atom. The number of hydrogen-bond donors (Lipinski definition) is 0. The number of carbonyl (C=O) groups is 1. The van der Waals surface area contributed by atoms with Crippen LogP contribution in [0, 0.1) is 5.92 Å². The van der Waals surface area contributed by atoms with Gasteiger partial charge in [-0.3, -0.25) is 14.4 Å². The van der Waals surface area contributed by atoms with Crippen molar-refractivity contribution in [3.8, 4) is 0 Å². The van der Waals surface area contributed by atoms with E-state index in [1.165, 1.54) is 11.1 Å². The average molecular weight is 339 g/mol. The van der Waals surface area contributed by atoms with E-state index in [1.54, 1.807) is 12.7 Å². The molecule has 2 aliphatic rings. The third kappa shape index (κ3) is 3.74. The van der Waals surface area contributed by atoms with Gasteiger partial charge in [0.1, 0.15) is 12.7 Å². The van der Waals surface area contributed by atoms with Gasteiger partial charge in [0, 0.05) is 38.6 Å². The van der Waals surface area contributed by atoms with E-state index < -0.39 is 0 Å². The van der Waals surface area contributed by atoms with E-state index >= 15 is 0 Å². The van der Waals surface area contributed by atoms with Gasteiger partial charge >= 0.3 is 0 Å². The fourth-order valence-corrected chi connectivity index (χ4v) is 3.95. The molecule has 25 heavy (non-hydrogen) atoms. The van der Waals surface area contributed by atoms with Crippen molar-refractivity contribution in [1.29, 1.82) is 0 Å². The van der Waals surface area contributed by atoms with Gasteiger partial charge in [-0.25, -0.2) is 4.98 Å². The number of nitrogens with zero attached hydrogens (tertiary/aromatic N) is 5. The Hall–Kier alpha value is -2.21. The van der Waals surface area contributed by atoms with Crippen LogP contribution in [0.2, 0.25) is 0 Å². The number of aryl methyl sites for hydroxylation is 1. The largest absolute Gasteiger partial charge is 0.340 e. The number of amides is 1. The van der Waals surface area contributed by atoms with Crippen molar-refractivity contribution in [2.75, 3.05) is 32.7 Å². The second-order valence-corrected chi connectivity index (χ2v) is 7.03. The summed E-state index contributed by atoms with van der Waals surface area (Å²) in [7, 11) is 0. The molecule has 132 valence electrons. The van der Waals surface area contributed by atoms with Crippen LogP contribution < -0.4 is 0 Å². The number of fused-ring (bicyclic) bond motifs is 1. The summed E-state index contributed by atoms with van der Waals surface area (Å²) in [4.78, 5) is 21.3. The predicted octanol–water partition coefficient (Wildman–Crippen LogP) is 1.23. The molecule has 2 aromatic rings. The van der Waals surface area contributed by atoms with Gasteiger partial charge in [0.2, 0.25) is 5.91 Å². The molecule has 0 spiro atoms. The molecule has 6 heteroatoms. The smallest absolute Gasteiger partial charge is 0.226 e. The minimum absolute atomic E-state index is 0.164. The third-order valence-corrected chi connectivity index (χ3v) is 5.49. The van der Waals surface area contributed by atoms with Crippen LogP contribution in [-0.4, -0.2) is 63.2 Å². The van der Waals surface area contributed by atoms with Crippen LogP contribution >= 0.6 is 0 Å². The molecule has 0 bridgehead atoms. The summed E-state index contributed by atoms with van der Waals surface area (Å²) in [6, 6.07) is 8.56. The molecule has 1 amide bonds. The number of carbonyl (C=O) groups excluding carboxylic acids is 1. The minimum Gasteiger partial charge on any atom is -0.340 e. The van der Waals surface area contributed by atoms with Gasteiger partial charge in [0.25, 0.3) is 0 Å². The maximum absolute atomic E-state index is 12.9. The van der Waals surface area contributed by atoms with Crippen LogP contribution in [0.1, 0.15) is 17.5 Å². The highest BCUT2D eigenvalue weighted by Gasteiger charge is 2.30. The normalized spacial score (nSPS) is 21.1. The zero-order chi connectivity index (χ0) is 17.1. The van der Waals surface area contributed by atoms with Crippen LogP contribution in [0.4, 0.5) is 0 Å². The van der Waals surface area contributed by atoms with Crippen LogP contribution in [0.25, 0.3) is 0 Å². The summed E-state index contributed by atoms with van der Waals surface area (Å²) in [5.41, 5.74) is 2.78. The molecule has 0 unspecified atom stereocenters. The maximum Gasteiger partial charge on any atom is 0.226 e. The predicted molar refractivity (Wildman–Crippen MR) is 95.0 cm³/mol. The van der Waals surface area contributed by atoms with Crippen molar-refractivity contribution in [1.82, 2.24) is 24.6 Å². The minimum atomic E-state index is 0.164. The van der Waals surface area contributed by atoms with Crippen LogP contribution in [0.15, 0.2) is 36.9 Å². The maximum atomic E-state index is 12.9. The molecule has 2 heterocycles. The average Bonchev–Trinajstić information content (AvgIpc) is 3.19. The molecule has 0 radical (unpaired) electrons. The van der Waals surface area contributed by atoms with Gasteiger partial charge in [0.15, 0.2) is 0 Å². The Morgan fingerprint density at radius 2 is 1.88 bits per heavy atom. The Morgan fingerprint density at radius 1 is 1.08 bits per heavy atom. The lowest BCUT2D eigenvalue weighted by Crippen LogP contribution is -2.51. The summed E-state index contributed by atoms with van der Waals surface area (Å²) >= 11 is 0. The van der Waals surface area contributed by atoms with Crippen molar-refractivity contribution in [3.63, 3.8) is 0 Å². The highest BCUT2D eigenvalue weighted by molar-refractivity contribution is 5.79. The first kappa shape index (κ1) is 16.3. The zero-order valence-corrected chi connectivity index (χ0v) is 14.5. The van der Waals surface area contributed by atoms with Gasteiger partial charge in [-0.1, -0.05) is 24.3 Å². The summed E-state index contributed by atoms with van der Waals surface area (Å²) in [5.74, 6) is 0.516. The monoisotopic (exact) mass is 339 g/mol. The molecule has 0 saturated carbocycles. The van der Waals surface area contributed by atoms with E-state index in [0.29, 0.717) is 5.91 Å². The second-order valence-electron chi connectivity index (χ2n) is 7.03. The number of hydrogen-bond acceptors (Lipinski definition) is 4. The van der Waals surface area contributed by atoms with Crippen molar-refractivity contribution in [2.24, 2.45) is 5.92 Å². The Kier molecular flexibility index (Phi) is 4.78. The third-order valence-electron chi connectivity index (χ3n) is 5.49. The molecule has 1 saturated heterocycles. The summed E-state index contributed by atoms with van der Waals surface area (Å²) < 4.78 is 1.86. The topological polar surface area (TPSA) is 54.3 Å². The van der Waals surface area contributed by atoms with Crippen molar-refractivity contribution >= 4 is 5.91 Å². The highest BCUT2D eigenvalue weighted by Crippen LogP contribution is 2.27. The molecule has 1 aromatic heterocycles. The number of aromatic nitrogens is 3. The first-order chi connectivity index (χ1) is 12.3. The van der Waals surface area contributed by atoms with E-state index in [9.17, 15) is 4.79 Å². The highest BCUT2D eigenvalue weighted by atomic mass is 16.2. The molecule has 1 aliphatic carbocycles. The fraction of sp³-hybridized carbons (Fsp3) is 0.526. The van der Waals surface area contributed by atoms with Crippen LogP contribution in [0.5, 0.6) is 0 Å². The van der Waals surface area contributed by atoms with E-state index in [2.05, 4.69) is 44.1 Å². The van der Waals surface area contributed by atoms with Crippen molar-refractivity contribution in [2.45, 2.75) is 25.8 Å². The van der Waals surface area contributed by atoms with E-state index in [-0.39, 0.29) is 5.92 Å². The van der Waals surface area contributed by atoms with Crippen LogP contribution in [-0.2, 0) is 24.2 Å². The van der Waals surface area contributed by atoms with Crippen molar-refractivity contribution in [3.05, 3.63) is 48.0 Å². The van der Waals surface area contributed by atoms with E-state index in [4.69, 9.17) is 0 Å². The first-order valence-corrected chi connectivity index (χ1v) is 9.20. The molecule has 4 rings (SSSR count). The Balaban J connectivity index is 1.27. The molecule has 6 nitrogen and oxygen atoms in total. The molecular weight excluding hydrogens is 314 g/mol. The van der Waals surface area contributed by atoms with Gasteiger partial charge < -0.3 is 4.90 Å². The number of piperazine rings is 1. The van der Waals surface area contributed by atoms with Gasteiger partial charge in [0.05, 0.1) is 6.54 Å². The molecule has 1 fully saturated rings. The summed E-state index contributed by atoms with van der Waals surface area (Å²) in [6.45, 7) is 5.39. The standard InChI is InChI=1S/C19H25N5O/c25-19(18-6-5-16-3-1-2-4-17(16)13-18)23-10-7-22(8-11-23)9-12-24-15-20-14-21-24/h1-4,14-15,18H,5-13H2/t18-/m1/s1. The second kappa shape index (κ2) is 7.35. The quantitative estimate of drug-likeness (QED) is 0.841. The van der Waals surface area contributed by atoms with Gasteiger partial charge in [-0.2, -0.15) is 5.10 Å². The number of benzene rings is 1.